The van der Waals surface area contributed by atoms with Crippen molar-refractivity contribution in [1.82, 2.24) is 4.90 Å². The molecule has 0 aliphatic carbocycles. The van der Waals surface area contributed by atoms with E-state index in [0.717, 1.165) is 22.3 Å². The van der Waals surface area contributed by atoms with Gasteiger partial charge in [-0.2, -0.15) is 0 Å². The van der Waals surface area contributed by atoms with Crippen LogP contribution in [0.3, 0.4) is 0 Å². The molecule has 3 aromatic rings. The van der Waals surface area contributed by atoms with Crippen molar-refractivity contribution in [2.24, 2.45) is 0 Å². The summed E-state index contributed by atoms with van der Waals surface area (Å²) in [6.07, 6.45) is 0.371. The van der Waals surface area contributed by atoms with Gasteiger partial charge in [-0.05, 0) is 49.9 Å². The maximum atomic E-state index is 13.5. The zero-order chi connectivity index (χ0) is 22.3. The number of rotatable bonds is 4. The van der Waals surface area contributed by atoms with Crippen molar-refractivity contribution in [3.05, 3.63) is 80.7 Å². The first-order valence-electron chi connectivity index (χ1n) is 10.3. The van der Waals surface area contributed by atoms with Crippen LogP contribution in [0.1, 0.15) is 39.2 Å². The van der Waals surface area contributed by atoms with E-state index in [-0.39, 0.29) is 29.2 Å². The standard InChI is InChI=1S/C24H25NO5S/c1-15-4-7-18(8-5-15)13-25(19-10-11-31(28,29)14-19)24(27)22-12-21(26)20-9-6-16(2)17(3)23(20)30-22/h4-9,12,19H,10-11,13-14H2,1-3H3/t19-/m1/s1. The molecule has 6 nitrogen and oxygen atoms in total. The van der Waals surface area contributed by atoms with Crippen molar-refractivity contribution in [1.29, 1.82) is 0 Å². The van der Waals surface area contributed by atoms with Gasteiger partial charge < -0.3 is 9.32 Å². The molecule has 4 rings (SSSR count). The third kappa shape index (κ3) is 4.28. The van der Waals surface area contributed by atoms with Crippen molar-refractivity contribution >= 4 is 26.7 Å². The number of amides is 1. The van der Waals surface area contributed by atoms with Crippen LogP contribution in [0.25, 0.3) is 11.0 Å². The Kier molecular flexibility index (Phi) is 5.47. The lowest BCUT2D eigenvalue weighted by atomic mass is 10.1. The lowest BCUT2D eigenvalue weighted by Gasteiger charge is -2.28. The van der Waals surface area contributed by atoms with Gasteiger partial charge in [-0.25, -0.2) is 8.42 Å². The monoisotopic (exact) mass is 439 g/mol. The normalized spacial score (nSPS) is 17.7. The zero-order valence-corrected chi connectivity index (χ0v) is 18.7. The Morgan fingerprint density at radius 3 is 2.45 bits per heavy atom. The van der Waals surface area contributed by atoms with Gasteiger partial charge in [0.1, 0.15) is 5.58 Å². The molecule has 1 aromatic heterocycles. The molecule has 162 valence electrons. The van der Waals surface area contributed by atoms with E-state index in [9.17, 15) is 18.0 Å². The third-order valence-corrected chi connectivity index (χ3v) is 7.76. The lowest BCUT2D eigenvalue weighted by molar-refractivity contribution is 0.0648. The Bertz CT molecular complexity index is 1320. The number of aryl methyl sites for hydroxylation is 3. The van der Waals surface area contributed by atoms with Gasteiger partial charge in [0.05, 0.1) is 16.9 Å². The smallest absolute Gasteiger partial charge is 0.290 e. The summed E-state index contributed by atoms with van der Waals surface area (Å²) < 4.78 is 30.1. The number of carbonyl (C=O) groups is 1. The van der Waals surface area contributed by atoms with E-state index in [1.807, 2.05) is 51.1 Å². The minimum Gasteiger partial charge on any atom is -0.450 e. The fourth-order valence-corrected chi connectivity index (χ4v) is 5.71. The van der Waals surface area contributed by atoms with E-state index in [1.54, 1.807) is 6.07 Å². The van der Waals surface area contributed by atoms with Gasteiger partial charge in [0.15, 0.2) is 21.0 Å². The van der Waals surface area contributed by atoms with Gasteiger partial charge in [-0.1, -0.05) is 35.9 Å². The van der Waals surface area contributed by atoms with Crippen LogP contribution in [0.5, 0.6) is 0 Å². The van der Waals surface area contributed by atoms with E-state index >= 15 is 0 Å². The van der Waals surface area contributed by atoms with Gasteiger partial charge >= 0.3 is 0 Å². The highest BCUT2D eigenvalue weighted by Gasteiger charge is 2.36. The molecule has 1 aliphatic heterocycles. The average molecular weight is 440 g/mol. The summed E-state index contributed by atoms with van der Waals surface area (Å²) in [6.45, 7) is 5.98. The predicted molar refractivity (Wildman–Crippen MR) is 120 cm³/mol. The van der Waals surface area contributed by atoms with Crippen LogP contribution in [0.15, 0.2) is 51.7 Å². The lowest BCUT2D eigenvalue weighted by Crippen LogP contribution is -2.41. The molecule has 1 amide bonds. The maximum Gasteiger partial charge on any atom is 0.290 e. The molecule has 0 radical (unpaired) electrons. The summed E-state index contributed by atoms with van der Waals surface area (Å²) >= 11 is 0. The molecule has 2 heterocycles. The average Bonchev–Trinajstić information content (AvgIpc) is 3.09. The molecule has 0 bridgehead atoms. The molecule has 1 saturated heterocycles. The first-order valence-corrected chi connectivity index (χ1v) is 12.1. The molecule has 1 aliphatic rings. The van der Waals surface area contributed by atoms with Crippen LogP contribution in [-0.4, -0.2) is 36.8 Å². The zero-order valence-electron chi connectivity index (χ0n) is 17.8. The Balaban J connectivity index is 1.77. The predicted octanol–water partition coefficient (Wildman–Crippen LogP) is 3.55. The van der Waals surface area contributed by atoms with Crippen LogP contribution >= 0.6 is 0 Å². The van der Waals surface area contributed by atoms with E-state index < -0.39 is 21.8 Å². The van der Waals surface area contributed by atoms with E-state index in [2.05, 4.69) is 0 Å². The topological polar surface area (TPSA) is 84.7 Å². The number of hydrogen-bond donors (Lipinski definition) is 0. The fraction of sp³-hybridized carbons (Fsp3) is 0.333. The third-order valence-electron chi connectivity index (χ3n) is 6.01. The molecular weight excluding hydrogens is 414 g/mol. The van der Waals surface area contributed by atoms with Crippen LogP contribution in [0, 0.1) is 20.8 Å². The number of nitrogens with zero attached hydrogens (tertiary/aromatic N) is 1. The Morgan fingerprint density at radius 2 is 1.81 bits per heavy atom. The van der Waals surface area contributed by atoms with E-state index in [1.165, 1.54) is 11.0 Å². The summed E-state index contributed by atoms with van der Waals surface area (Å²) in [7, 11) is -3.20. The highest BCUT2D eigenvalue weighted by Crippen LogP contribution is 2.25. The SMILES string of the molecule is Cc1ccc(CN(C(=O)c2cc(=O)c3ccc(C)c(C)c3o2)[C@@H]2CCS(=O)(=O)C2)cc1. The molecule has 0 spiro atoms. The second-order valence-corrected chi connectivity index (χ2v) is 10.6. The van der Waals surface area contributed by atoms with Crippen LogP contribution in [-0.2, 0) is 16.4 Å². The molecule has 0 unspecified atom stereocenters. The van der Waals surface area contributed by atoms with Gasteiger partial charge in [0, 0.05) is 18.7 Å². The molecular formula is C24H25NO5S. The number of benzene rings is 2. The molecule has 0 N–H and O–H groups in total. The van der Waals surface area contributed by atoms with Crippen molar-refractivity contribution in [3.8, 4) is 0 Å². The summed E-state index contributed by atoms with van der Waals surface area (Å²) in [5, 5.41) is 0.424. The summed E-state index contributed by atoms with van der Waals surface area (Å²) in [5.74, 6) is -0.569. The first-order chi connectivity index (χ1) is 14.6. The van der Waals surface area contributed by atoms with Crippen molar-refractivity contribution in [2.45, 2.75) is 39.8 Å². The van der Waals surface area contributed by atoms with Crippen molar-refractivity contribution in [3.63, 3.8) is 0 Å². The molecule has 0 saturated carbocycles. The summed E-state index contributed by atoms with van der Waals surface area (Å²) in [4.78, 5) is 27.7. The molecule has 31 heavy (non-hydrogen) atoms. The van der Waals surface area contributed by atoms with Crippen molar-refractivity contribution in [2.75, 3.05) is 11.5 Å². The second kappa shape index (κ2) is 7.96. The van der Waals surface area contributed by atoms with Crippen LogP contribution in [0.4, 0.5) is 0 Å². The van der Waals surface area contributed by atoms with Crippen LogP contribution in [0.2, 0.25) is 0 Å². The minimum atomic E-state index is -3.20. The molecule has 7 heteroatoms. The number of hydrogen-bond acceptors (Lipinski definition) is 5. The first kappa shape index (κ1) is 21.3. The Morgan fingerprint density at radius 1 is 1.10 bits per heavy atom. The Hall–Kier alpha value is -2.93. The molecule has 2 aromatic carbocycles. The van der Waals surface area contributed by atoms with Gasteiger partial charge in [0.25, 0.3) is 5.91 Å². The fourth-order valence-electron chi connectivity index (χ4n) is 3.98. The van der Waals surface area contributed by atoms with Crippen LogP contribution < -0.4 is 5.43 Å². The van der Waals surface area contributed by atoms with E-state index in [4.69, 9.17) is 4.42 Å². The molecule has 1 atom stereocenters. The molecule has 1 fully saturated rings. The van der Waals surface area contributed by atoms with Gasteiger partial charge in [-0.3, -0.25) is 9.59 Å². The van der Waals surface area contributed by atoms with Gasteiger partial charge in [-0.15, -0.1) is 0 Å². The van der Waals surface area contributed by atoms with E-state index in [0.29, 0.717) is 17.4 Å². The maximum absolute atomic E-state index is 13.5. The number of sulfone groups is 1. The summed E-state index contributed by atoms with van der Waals surface area (Å²) in [5.41, 5.74) is 3.85. The second-order valence-electron chi connectivity index (χ2n) is 8.33. The van der Waals surface area contributed by atoms with Gasteiger partial charge in [0.2, 0.25) is 0 Å². The highest BCUT2D eigenvalue weighted by molar-refractivity contribution is 7.91. The largest absolute Gasteiger partial charge is 0.450 e. The Labute approximate surface area is 181 Å². The minimum absolute atomic E-state index is 0.0509. The number of carbonyl (C=O) groups excluding carboxylic acids is 1. The number of fused-ring (bicyclic) bond motifs is 1. The van der Waals surface area contributed by atoms with Crippen molar-refractivity contribution < 1.29 is 17.6 Å². The highest BCUT2D eigenvalue weighted by atomic mass is 32.2. The quantitative estimate of drug-likeness (QED) is 0.621. The summed E-state index contributed by atoms with van der Waals surface area (Å²) in [6, 6.07) is 12.0.